The fraction of sp³-hybridized carbons (Fsp3) is 0.867. The van der Waals surface area contributed by atoms with Gasteiger partial charge in [0.2, 0.25) is 0 Å². The second-order valence-electron chi connectivity index (χ2n) is 12.3. The molecule has 0 saturated carbocycles. The van der Waals surface area contributed by atoms with Gasteiger partial charge in [0.25, 0.3) is 5.91 Å². The maximum Gasteiger partial charge on any atom is 0.250 e. The molecule has 1 aromatic rings. The number of nitrogens with one attached hydrogen (secondary N) is 1. The van der Waals surface area contributed by atoms with E-state index in [1.165, 1.54) is 0 Å². The first-order valence-electron chi connectivity index (χ1n) is 15.6. The van der Waals surface area contributed by atoms with Gasteiger partial charge >= 0.3 is 0 Å². The van der Waals surface area contributed by atoms with Gasteiger partial charge in [0.15, 0.2) is 28.6 Å². The highest BCUT2D eigenvalue weighted by Gasteiger charge is 2.48. The highest BCUT2D eigenvalue weighted by atomic mass is 35.5. The summed E-state index contributed by atoms with van der Waals surface area (Å²) < 4.78 is 25.8. The largest absolute Gasteiger partial charge is 0.448 e. The fourth-order valence-electron chi connectivity index (χ4n) is 5.83. The minimum absolute atomic E-state index is 0.0401. The lowest BCUT2D eigenvalue weighted by Gasteiger charge is -2.46. The van der Waals surface area contributed by atoms with E-state index >= 15 is 0 Å². The number of amides is 1. The number of oxazole rings is 1. The van der Waals surface area contributed by atoms with Crippen molar-refractivity contribution in [1.82, 2.24) is 15.2 Å². The summed E-state index contributed by atoms with van der Waals surface area (Å²) in [5, 5.41) is 3.22. The number of alkyl halides is 1. The summed E-state index contributed by atoms with van der Waals surface area (Å²) in [7, 11) is 1.30. The van der Waals surface area contributed by atoms with E-state index in [9.17, 15) is 4.79 Å². The standard InChI is InChI=1S/C30H60ClN3O5Si2/c1-13-40(14-2,22(5)6)38-27(26(21-36-12)34(10)11)28(39-41(15-3,16-4)23(7)8)29(35)32-18-17-24(9)30-33-25(19-31)20-37-30/h20,22-24,26-28H,13-19,21H2,1-12H3,(H,32,35)/t24-,26-,27-,28-/m1/s1. The van der Waals surface area contributed by atoms with Crippen molar-refractivity contribution in [2.45, 2.75) is 134 Å². The van der Waals surface area contributed by atoms with E-state index in [1.807, 2.05) is 21.0 Å². The molecule has 11 heteroatoms. The number of likely N-dealkylation sites (N-methyl/N-ethyl adjacent to an activating group) is 1. The molecule has 1 N–H and O–H groups in total. The first-order valence-corrected chi connectivity index (χ1v) is 20.9. The number of aromatic nitrogens is 1. The molecular weight excluding hydrogens is 574 g/mol. The van der Waals surface area contributed by atoms with Crippen LogP contribution in [0, 0.1) is 0 Å². The van der Waals surface area contributed by atoms with Crippen LogP contribution in [0.3, 0.4) is 0 Å². The molecule has 1 rings (SSSR count). The highest BCUT2D eigenvalue weighted by Crippen LogP contribution is 2.37. The minimum atomic E-state index is -2.27. The Morgan fingerprint density at radius 3 is 1.95 bits per heavy atom. The number of ether oxygens (including phenoxy) is 1. The van der Waals surface area contributed by atoms with Crippen LogP contribution in [0.2, 0.25) is 35.3 Å². The van der Waals surface area contributed by atoms with Crippen molar-refractivity contribution in [2.75, 3.05) is 34.4 Å². The molecular formula is C30H60ClN3O5Si2. The van der Waals surface area contributed by atoms with Gasteiger partial charge in [-0.05, 0) is 55.8 Å². The number of hydrogen-bond donors (Lipinski definition) is 1. The van der Waals surface area contributed by atoms with Gasteiger partial charge in [0.05, 0.1) is 30.3 Å². The maximum absolute atomic E-state index is 14.3. The van der Waals surface area contributed by atoms with Crippen molar-refractivity contribution in [3.8, 4) is 0 Å². The maximum atomic E-state index is 14.3. The predicted molar refractivity (Wildman–Crippen MR) is 175 cm³/mol. The van der Waals surface area contributed by atoms with Gasteiger partial charge in [-0.25, -0.2) is 4.98 Å². The van der Waals surface area contributed by atoms with Crippen LogP contribution in [0.25, 0.3) is 0 Å². The number of halogens is 1. The quantitative estimate of drug-likeness (QED) is 0.114. The van der Waals surface area contributed by atoms with Crippen LogP contribution in [0.5, 0.6) is 0 Å². The number of nitrogens with zero attached hydrogens (tertiary/aromatic N) is 2. The molecule has 41 heavy (non-hydrogen) atoms. The minimum Gasteiger partial charge on any atom is -0.448 e. The molecule has 0 unspecified atom stereocenters. The Kier molecular flexibility index (Phi) is 16.9. The predicted octanol–water partition coefficient (Wildman–Crippen LogP) is 7.16. The van der Waals surface area contributed by atoms with Crippen LogP contribution >= 0.6 is 11.6 Å². The smallest absolute Gasteiger partial charge is 0.250 e. The molecule has 1 aromatic heterocycles. The SMILES string of the molecule is CC[Si](CC)(O[C@H]([C@@H](COC)N(C)C)[C@@H](O[Si](CC)(CC)C(C)C)C(=O)NCC[C@@H](C)c1nc(CCl)co1)C(C)C. The van der Waals surface area contributed by atoms with E-state index in [4.69, 9.17) is 29.6 Å². The molecule has 0 spiro atoms. The number of carbonyl (C=O) groups excluding carboxylic acids is 1. The second kappa shape index (κ2) is 18.1. The zero-order valence-corrected chi connectivity index (χ0v) is 30.8. The van der Waals surface area contributed by atoms with Crippen LogP contribution in [-0.4, -0.2) is 85.0 Å². The van der Waals surface area contributed by atoms with E-state index in [0.29, 0.717) is 42.4 Å². The third-order valence-electron chi connectivity index (χ3n) is 9.17. The number of hydrogen-bond acceptors (Lipinski definition) is 7. The second-order valence-corrected chi connectivity index (χ2v) is 22.4. The van der Waals surface area contributed by atoms with Crippen molar-refractivity contribution in [3.63, 3.8) is 0 Å². The number of rotatable bonds is 21. The Labute approximate surface area is 257 Å². The molecule has 0 aromatic carbocycles. The molecule has 0 saturated heterocycles. The number of methoxy groups -OCH3 is 1. The molecule has 0 bridgehead atoms. The Morgan fingerprint density at radius 1 is 1.00 bits per heavy atom. The summed E-state index contributed by atoms with van der Waals surface area (Å²) >= 11 is 5.90. The lowest BCUT2D eigenvalue weighted by molar-refractivity contribution is -0.136. The van der Waals surface area contributed by atoms with E-state index < -0.39 is 28.8 Å². The summed E-state index contributed by atoms with van der Waals surface area (Å²) in [6, 6.07) is 3.68. The van der Waals surface area contributed by atoms with Crippen LogP contribution in [0.1, 0.15) is 86.2 Å². The summed E-state index contributed by atoms with van der Waals surface area (Å²) in [5.41, 5.74) is 1.48. The lowest BCUT2D eigenvalue weighted by atomic mass is 10.0. The first-order chi connectivity index (χ1) is 19.3. The Hall–Kier alpha value is -0.756. The average Bonchev–Trinajstić information content (AvgIpc) is 3.43. The lowest BCUT2D eigenvalue weighted by Crippen LogP contribution is -2.62. The summed E-state index contributed by atoms with van der Waals surface area (Å²) in [6.07, 6.45) is 1.08. The van der Waals surface area contributed by atoms with Gasteiger partial charge in [-0.15, -0.1) is 11.6 Å². The molecule has 0 aliphatic carbocycles. The van der Waals surface area contributed by atoms with Crippen molar-refractivity contribution >= 4 is 34.1 Å². The Morgan fingerprint density at radius 2 is 1.54 bits per heavy atom. The summed E-state index contributed by atoms with van der Waals surface area (Å²) in [6.45, 7) is 20.8. The van der Waals surface area contributed by atoms with E-state index in [-0.39, 0.29) is 17.9 Å². The molecule has 0 aliphatic heterocycles. The number of carbonyl (C=O) groups is 1. The van der Waals surface area contributed by atoms with Crippen LogP contribution in [-0.2, 0) is 24.3 Å². The Balaban J connectivity index is 3.50. The zero-order valence-electron chi connectivity index (χ0n) is 28.0. The molecule has 0 aliphatic rings. The van der Waals surface area contributed by atoms with Gasteiger partial charge in [-0.2, -0.15) is 0 Å². The van der Waals surface area contributed by atoms with Crippen molar-refractivity contribution in [1.29, 1.82) is 0 Å². The van der Waals surface area contributed by atoms with Crippen LogP contribution in [0.15, 0.2) is 10.7 Å². The Bertz CT molecular complexity index is 878. The zero-order chi connectivity index (χ0) is 31.4. The van der Waals surface area contributed by atoms with Gasteiger partial charge in [-0.3, -0.25) is 4.79 Å². The van der Waals surface area contributed by atoms with Crippen LogP contribution in [0.4, 0.5) is 0 Å². The van der Waals surface area contributed by atoms with Gasteiger partial charge in [0, 0.05) is 19.6 Å². The topological polar surface area (TPSA) is 86.1 Å². The molecule has 1 heterocycles. The first kappa shape index (κ1) is 38.3. The van der Waals surface area contributed by atoms with Crippen molar-refractivity contribution in [2.24, 2.45) is 0 Å². The molecule has 0 radical (unpaired) electrons. The average molecular weight is 634 g/mol. The van der Waals surface area contributed by atoms with E-state index in [2.05, 4.69) is 70.6 Å². The molecule has 4 atom stereocenters. The molecule has 8 nitrogen and oxygen atoms in total. The van der Waals surface area contributed by atoms with Crippen LogP contribution < -0.4 is 5.32 Å². The van der Waals surface area contributed by atoms with E-state index in [1.54, 1.807) is 13.4 Å². The summed E-state index contributed by atoms with van der Waals surface area (Å²) in [5.74, 6) is 0.878. The van der Waals surface area contributed by atoms with Crippen molar-refractivity contribution in [3.05, 3.63) is 17.8 Å². The third kappa shape index (κ3) is 10.1. The third-order valence-corrected chi connectivity index (χ3v) is 19.9. The van der Waals surface area contributed by atoms with Crippen molar-refractivity contribution < 1.29 is 22.8 Å². The highest BCUT2D eigenvalue weighted by molar-refractivity contribution is 6.75. The summed E-state index contributed by atoms with van der Waals surface area (Å²) in [4.78, 5) is 20.8. The fourth-order valence-corrected chi connectivity index (χ4v) is 13.0. The van der Waals surface area contributed by atoms with Gasteiger partial charge in [-0.1, -0.05) is 62.3 Å². The molecule has 0 fully saturated rings. The van der Waals surface area contributed by atoms with E-state index in [0.717, 1.165) is 29.9 Å². The molecule has 1 amide bonds. The normalized spacial score (nSPS) is 15.9. The monoisotopic (exact) mass is 633 g/mol. The molecule has 240 valence electrons. The van der Waals surface area contributed by atoms with Gasteiger partial charge in [0.1, 0.15) is 6.26 Å². The van der Waals surface area contributed by atoms with Gasteiger partial charge < -0.3 is 28.2 Å².